The average molecular weight is 457 g/mol. The molecule has 1 N–H and O–H groups in total. The Morgan fingerprint density at radius 2 is 2.18 bits per heavy atom. The van der Waals surface area contributed by atoms with Crippen molar-refractivity contribution in [1.82, 2.24) is 0 Å². The molecule has 0 aliphatic carbocycles. The maximum absolute atomic E-state index is 13.1. The molecular weight excluding hydrogens is 430 g/mol. The number of nitro benzene ring substituents is 1. The first-order valence-corrected chi connectivity index (χ1v) is 10.9. The molecule has 0 saturated carbocycles. The van der Waals surface area contributed by atoms with Crippen LogP contribution in [0.4, 0.5) is 5.69 Å². The fourth-order valence-corrected chi connectivity index (χ4v) is 5.05. The van der Waals surface area contributed by atoms with Crippen molar-refractivity contribution < 1.29 is 29.1 Å². The number of esters is 1. The van der Waals surface area contributed by atoms with Crippen LogP contribution in [-0.2, 0) is 19.1 Å². The molecule has 0 amide bonds. The van der Waals surface area contributed by atoms with Gasteiger partial charge in [-0.2, -0.15) is 5.26 Å². The Bertz CT molecular complexity index is 996. The van der Waals surface area contributed by atoms with Gasteiger partial charge in [0.1, 0.15) is 12.5 Å². The van der Waals surface area contributed by atoms with Gasteiger partial charge in [-0.15, -0.1) is 0 Å². The van der Waals surface area contributed by atoms with Crippen LogP contribution in [0.15, 0.2) is 29.3 Å². The lowest BCUT2D eigenvalue weighted by atomic mass is 9.62. The van der Waals surface area contributed by atoms with Crippen molar-refractivity contribution in [2.24, 2.45) is 16.8 Å². The van der Waals surface area contributed by atoms with Gasteiger partial charge in [-0.25, -0.2) is 0 Å². The predicted octanol–water partition coefficient (Wildman–Crippen LogP) is 3.25. The highest BCUT2D eigenvalue weighted by molar-refractivity contribution is 6.04. The molecule has 5 atom stereocenters. The molecule has 1 saturated heterocycles. The molecule has 2 aliphatic rings. The van der Waals surface area contributed by atoms with E-state index in [1.54, 1.807) is 19.9 Å². The molecule has 1 aromatic rings. The van der Waals surface area contributed by atoms with Gasteiger partial charge in [0.15, 0.2) is 0 Å². The summed E-state index contributed by atoms with van der Waals surface area (Å²) in [4.78, 5) is 41.3. The smallest absolute Gasteiger partial charge is 0.315 e. The number of nitriles is 1. The summed E-state index contributed by atoms with van der Waals surface area (Å²) in [6.45, 7) is 3.70. The Kier molecular flexibility index (Phi) is 7.43. The first-order chi connectivity index (χ1) is 15.7. The van der Waals surface area contributed by atoms with Gasteiger partial charge in [0.2, 0.25) is 0 Å². The minimum atomic E-state index is -1.19. The monoisotopic (exact) mass is 457 g/mol. The number of ether oxygens (including phenoxy) is 2. The highest BCUT2D eigenvalue weighted by Crippen LogP contribution is 2.49. The van der Waals surface area contributed by atoms with Crippen LogP contribution >= 0.6 is 0 Å². The summed E-state index contributed by atoms with van der Waals surface area (Å²) in [7, 11) is 0. The second-order valence-electron chi connectivity index (χ2n) is 8.58. The maximum Gasteiger partial charge on any atom is 0.315 e. The van der Waals surface area contributed by atoms with Crippen molar-refractivity contribution in [1.29, 1.82) is 5.26 Å². The Morgan fingerprint density at radius 1 is 1.42 bits per heavy atom. The summed E-state index contributed by atoms with van der Waals surface area (Å²) < 4.78 is 11.2. The minimum Gasteiger partial charge on any atom is -0.481 e. The number of non-ortho nitro benzene ring substituents is 1. The molecule has 10 nitrogen and oxygen atoms in total. The number of hydrogen-bond donors (Lipinski definition) is 1. The summed E-state index contributed by atoms with van der Waals surface area (Å²) in [6, 6.07) is 7.56. The molecule has 0 radical (unpaired) electrons. The Hall–Kier alpha value is -3.32. The zero-order valence-corrected chi connectivity index (χ0v) is 18.6. The molecule has 0 aromatic heterocycles. The standard InChI is InChI=1S/C23H27N3O7/c1-14-18(22(29)33-12-6-10-24)19(15-7-5-8-16(13-15)26(30)31)20(21(27)28)23(2,25-14)17-9-3-4-11-32-17/h5,7-8,13,17-20H,3-4,6,9,11-12H2,1-2H3,(H,27,28)/t17?,18?,19-,20?,23?/m0/s1. The largest absolute Gasteiger partial charge is 0.481 e. The van der Waals surface area contributed by atoms with Gasteiger partial charge < -0.3 is 14.6 Å². The topological polar surface area (TPSA) is 152 Å². The van der Waals surface area contributed by atoms with Crippen LogP contribution in [0, 0.1) is 33.3 Å². The molecule has 10 heteroatoms. The van der Waals surface area contributed by atoms with E-state index in [1.807, 2.05) is 6.07 Å². The molecule has 1 aromatic carbocycles. The van der Waals surface area contributed by atoms with E-state index >= 15 is 0 Å². The van der Waals surface area contributed by atoms with Gasteiger partial charge >= 0.3 is 11.9 Å². The molecule has 2 aliphatic heterocycles. The van der Waals surface area contributed by atoms with Crippen molar-refractivity contribution in [2.75, 3.05) is 13.2 Å². The van der Waals surface area contributed by atoms with Crippen molar-refractivity contribution >= 4 is 23.3 Å². The number of aliphatic imine (C=N–C) groups is 1. The number of carboxylic acid groups (broad SMARTS) is 1. The Balaban J connectivity index is 2.16. The second-order valence-corrected chi connectivity index (χ2v) is 8.58. The van der Waals surface area contributed by atoms with E-state index in [2.05, 4.69) is 0 Å². The van der Waals surface area contributed by atoms with Crippen molar-refractivity contribution in [3.63, 3.8) is 0 Å². The minimum absolute atomic E-state index is 0.00782. The van der Waals surface area contributed by atoms with Crippen LogP contribution in [-0.4, -0.2) is 52.5 Å². The van der Waals surface area contributed by atoms with Crippen LogP contribution in [0.3, 0.4) is 0 Å². The zero-order valence-electron chi connectivity index (χ0n) is 18.6. The molecule has 0 spiro atoms. The van der Waals surface area contributed by atoms with E-state index in [-0.39, 0.29) is 18.7 Å². The number of aliphatic carboxylic acids is 1. The number of hydrogen-bond acceptors (Lipinski definition) is 8. The highest BCUT2D eigenvalue weighted by atomic mass is 16.6. The number of carbonyl (C=O) groups excluding carboxylic acids is 1. The third-order valence-corrected chi connectivity index (χ3v) is 6.49. The average Bonchev–Trinajstić information content (AvgIpc) is 2.79. The number of carbonyl (C=O) groups is 2. The van der Waals surface area contributed by atoms with Gasteiger partial charge in [0.25, 0.3) is 5.69 Å². The number of rotatable bonds is 7. The molecule has 33 heavy (non-hydrogen) atoms. The van der Waals surface area contributed by atoms with Crippen LogP contribution in [0.5, 0.6) is 0 Å². The maximum atomic E-state index is 13.1. The van der Waals surface area contributed by atoms with Gasteiger partial charge in [0, 0.05) is 30.4 Å². The molecule has 4 unspecified atom stereocenters. The number of nitro groups is 1. The normalized spacial score (nSPS) is 29.4. The number of carboxylic acids is 1. The Morgan fingerprint density at radius 3 is 2.79 bits per heavy atom. The SMILES string of the molecule is CC1=NC(C)(C2CCCCO2)C(C(=O)O)[C@@H](c2cccc([N+](=O)[O-])c2)C1C(=O)OCCC#N. The van der Waals surface area contributed by atoms with Gasteiger partial charge in [-0.1, -0.05) is 12.1 Å². The van der Waals surface area contributed by atoms with Crippen molar-refractivity contribution in [2.45, 2.75) is 57.1 Å². The van der Waals surface area contributed by atoms with Gasteiger partial charge in [-0.3, -0.25) is 24.7 Å². The molecule has 3 rings (SSSR count). The second kappa shape index (κ2) is 10.1. The predicted molar refractivity (Wildman–Crippen MR) is 117 cm³/mol. The molecular formula is C23H27N3O7. The van der Waals surface area contributed by atoms with Crippen LogP contribution in [0.2, 0.25) is 0 Å². The van der Waals surface area contributed by atoms with E-state index < -0.39 is 46.3 Å². The van der Waals surface area contributed by atoms with E-state index in [0.717, 1.165) is 12.8 Å². The number of nitrogens with zero attached hydrogens (tertiary/aromatic N) is 3. The summed E-state index contributed by atoms with van der Waals surface area (Å²) in [6.07, 6.45) is 1.87. The summed E-state index contributed by atoms with van der Waals surface area (Å²) in [5, 5.41) is 30.5. The van der Waals surface area contributed by atoms with Gasteiger partial charge in [-0.05, 0) is 38.7 Å². The van der Waals surface area contributed by atoms with E-state index in [9.17, 15) is 24.8 Å². The lowest BCUT2D eigenvalue weighted by Crippen LogP contribution is -2.58. The van der Waals surface area contributed by atoms with E-state index in [4.69, 9.17) is 19.7 Å². The highest BCUT2D eigenvalue weighted by Gasteiger charge is 2.57. The van der Waals surface area contributed by atoms with Gasteiger partial charge in [0.05, 0.1) is 35.0 Å². The lowest BCUT2D eigenvalue weighted by Gasteiger charge is -2.48. The third kappa shape index (κ3) is 4.88. The summed E-state index contributed by atoms with van der Waals surface area (Å²) in [5.74, 6) is -5.11. The zero-order chi connectivity index (χ0) is 24.2. The third-order valence-electron chi connectivity index (χ3n) is 6.49. The van der Waals surface area contributed by atoms with Crippen molar-refractivity contribution in [3.05, 3.63) is 39.9 Å². The molecule has 0 bridgehead atoms. The first kappa shape index (κ1) is 24.3. The van der Waals surface area contributed by atoms with E-state index in [0.29, 0.717) is 24.3 Å². The number of benzene rings is 1. The quantitative estimate of drug-likeness (QED) is 0.283. The molecule has 2 heterocycles. The summed E-state index contributed by atoms with van der Waals surface area (Å²) >= 11 is 0. The van der Waals surface area contributed by atoms with Crippen molar-refractivity contribution in [3.8, 4) is 6.07 Å². The molecule has 1 fully saturated rings. The molecule has 176 valence electrons. The van der Waals surface area contributed by atoms with E-state index in [1.165, 1.54) is 18.2 Å². The van der Waals surface area contributed by atoms with Crippen LogP contribution in [0.25, 0.3) is 0 Å². The lowest BCUT2D eigenvalue weighted by molar-refractivity contribution is -0.385. The fourth-order valence-electron chi connectivity index (χ4n) is 5.05. The van der Waals surface area contributed by atoms with Crippen LogP contribution in [0.1, 0.15) is 51.0 Å². The van der Waals surface area contributed by atoms with Crippen LogP contribution < -0.4 is 0 Å². The fraction of sp³-hybridized carbons (Fsp3) is 0.565. The summed E-state index contributed by atoms with van der Waals surface area (Å²) in [5.41, 5.74) is -0.670. The first-order valence-electron chi connectivity index (χ1n) is 10.9. The Labute approximate surface area is 191 Å².